The SMILES string of the molecule is COc1ccc2ccccc2c1CN(C)CC1CCOC1. The zero-order valence-corrected chi connectivity index (χ0v) is 12.8. The second-order valence-corrected chi connectivity index (χ2v) is 5.89. The average Bonchev–Trinajstić information content (AvgIpc) is 3.00. The van der Waals surface area contributed by atoms with Gasteiger partial charge in [0.1, 0.15) is 5.75 Å². The van der Waals surface area contributed by atoms with Crippen LogP contribution >= 0.6 is 0 Å². The summed E-state index contributed by atoms with van der Waals surface area (Å²) in [4.78, 5) is 2.38. The lowest BCUT2D eigenvalue weighted by molar-refractivity contribution is 0.172. The molecule has 1 aliphatic heterocycles. The summed E-state index contributed by atoms with van der Waals surface area (Å²) in [7, 11) is 3.93. The van der Waals surface area contributed by atoms with Gasteiger partial charge < -0.3 is 14.4 Å². The fourth-order valence-corrected chi connectivity index (χ4v) is 3.17. The van der Waals surface area contributed by atoms with Gasteiger partial charge in [-0.15, -0.1) is 0 Å². The molecule has 3 rings (SSSR count). The van der Waals surface area contributed by atoms with E-state index < -0.39 is 0 Å². The Kier molecular flexibility index (Phi) is 4.42. The largest absolute Gasteiger partial charge is 0.496 e. The number of methoxy groups -OCH3 is 1. The first-order chi connectivity index (χ1) is 10.3. The van der Waals surface area contributed by atoms with Crippen molar-refractivity contribution in [2.45, 2.75) is 13.0 Å². The minimum Gasteiger partial charge on any atom is -0.496 e. The van der Waals surface area contributed by atoms with Crippen LogP contribution in [0.25, 0.3) is 10.8 Å². The van der Waals surface area contributed by atoms with Gasteiger partial charge in [-0.2, -0.15) is 0 Å². The fraction of sp³-hybridized carbons (Fsp3) is 0.444. The summed E-state index contributed by atoms with van der Waals surface area (Å²) in [5, 5.41) is 2.55. The van der Waals surface area contributed by atoms with Crippen LogP contribution < -0.4 is 4.74 Å². The third-order valence-electron chi connectivity index (χ3n) is 4.24. The molecule has 0 radical (unpaired) electrons. The molecule has 3 heteroatoms. The molecule has 2 aromatic rings. The van der Waals surface area contributed by atoms with Crippen molar-refractivity contribution in [2.75, 3.05) is 33.9 Å². The quantitative estimate of drug-likeness (QED) is 0.841. The summed E-state index contributed by atoms with van der Waals surface area (Å²) in [6.07, 6.45) is 1.18. The Morgan fingerprint density at radius 2 is 2.10 bits per heavy atom. The van der Waals surface area contributed by atoms with Crippen LogP contribution in [0.3, 0.4) is 0 Å². The van der Waals surface area contributed by atoms with E-state index in [0.29, 0.717) is 5.92 Å². The highest BCUT2D eigenvalue weighted by Gasteiger charge is 2.18. The number of rotatable bonds is 5. The van der Waals surface area contributed by atoms with E-state index in [4.69, 9.17) is 9.47 Å². The summed E-state index contributed by atoms with van der Waals surface area (Å²) < 4.78 is 11.0. The first kappa shape index (κ1) is 14.4. The number of hydrogen-bond donors (Lipinski definition) is 0. The normalized spacial score (nSPS) is 18.5. The lowest BCUT2D eigenvalue weighted by atomic mass is 10.0. The predicted octanol–water partition coefficient (Wildman–Crippen LogP) is 3.32. The van der Waals surface area contributed by atoms with Gasteiger partial charge in [0.2, 0.25) is 0 Å². The Morgan fingerprint density at radius 1 is 1.24 bits per heavy atom. The van der Waals surface area contributed by atoms with Gasteiger partial charge in [0, 0.05) is 25.3 Å². The Bertz CT molecular complexity index is 605. The maximum absolute atomic E-state index is 5.57. The van der Waals surface area contributed by atoms with Gasteiger partial charge in [0.25, 0.3) is 0 Å². The molecule has 1 aliphatic rings. The van der Waals surface area contributed by atoms with Crippen molar-refractivity contribution in [1.82, 2.24) is 4.90 Å². The summed E-state index contributed by atoms with van der Waals surface area (Å²) >= 11 is 0. The number of ether oxygens (including phenoxy) is 2. The lowest BCUT2D eigenvalue weighted by Crippen LogP contribution is -2.25. The molecule has 0 amide bonds. The molecule has 0 aliphatic carbocycles. The van der Waals surface area contributed by atoms with E-state index in [2.05, 4.69) is 48.3 Å². The molecule has 112 valence electrons. The Balaban J connectivity index is 1.84. The maximum Gasteiger partial charge on any atom is 0.123 e. The molecular weight excluding hydrogens is 262 g/mol. The van der Waals surface area contributed by atoms with Gasteiger partial charge in [-0.25, -0.2) is 0 Å². The van der Waals surface area contributed by atoms with Crippen LogP contribution in [-0.4, -0.2) is 38.8 Å². The van der Waals surface area contributed by atoms with Gasteiger partial charge >= 0.3 is 0 Å². The van der Waals surface area contributed by atoms with Crippen LogP contribution in [0, 0.1) is 5.92 Å². The minimum atomic E-state index is 0.663. The second kappa shape index (κ2) is 6.46. The van der Waals surface area contributed by atoms with Crippen LogP contribution in [0.1, 0.15) is 12.0 Å². The van der Waals surface area contributed by atoms with Crippen molar-refractivity contribution in [3.8, 4) is 5.75 Å². The number of fused-ring (bicyclic) bond motifs is 1. The van der Waals surface area contributed by atoms with E-state index in [9.17, 15) is 0 Å². The number of hydrogen-bond acceptors (Lipinski definition) is 3. The molecular formula is C18H23NO2. The topological polar surface area (TPSA) is 21.7 Å². The van der Waals surface area contributed by atoms with Gasteiger partial charge in [0.05, 0.1) is 13.7 Å². The highest BCUT2D eigenvalue weighted by atomic mass is 16.5. The third-order valence-corrected chi connectivity index (χ3v) is 4.24. The molecule has 3 nitrogen and oxygen atoms in total. The molecule has 0 spiro atoms. The molecule has 0 aromatic heterocycles. The molecule has 1 fully saturated rings. The van der Waals surface area contributed by atoms with Gasteiger partial charge in [0.15, 0.2) is 0 Å². The zero-order chi connectivity index (χ0) is 14.7. The maximum atomic E-state index is 5.57. The Hall–Kier alpha value is -1.58. The highest BCUT2D eigenvalue weighted by Crippen LogP contribution is 2.29. The Morgan fingerprint density at radius 3 is 2.86 bits per heavy atom. The van der Waals surface area contributed by atoms with Crippen LogP contribution in [0.5, 0.6) is 5.75 Å². The number of nitrogens with zero attached hydrogens (tertiary/aromatic N) is 1. The fourth-order valence-electron chi connectivity index (χ4n) is 3.17. The molecule has 1 unspecified atom stereocenters. The van der Waals surface area contributed by atoms with E-state index in [1.165, 1.54) is 22.8 Å². The van der Waals surface area contributed by atoms with E-state index in [0.717, 1.165) is 32.1 Å². The monoisotopic (exact) mass is 285 g/mol. The molecule has 0 N–H and O–H groups in total. The Labute approximate surface area is 126 Å². The van der Waals surface area contributed by atoms with E-state index in [1.54, 1.807) is 7.11 Å². The van der Waals surface area contributed by atoms with Crippen LogP contribution in [-0.2, 0) is 11.3 Å². The van der Waals surface area contributed by atoms with Gasteiger partial charge in [-0.3, -0.25) is 0 Å². The first-order valence-electron chi connectivity index (χ1n) is 7.59. The lowest BCUT2D eigenvalue weighted by Gasteiger charge is -2.22. The minimum absolute atomic E-state index is 0.663. The van der Waals surface area contributed by atoms with E-state index >= 15 is 0 Å². The third kappa shape index (κ3) is 3.20. The molecule has 1 atom stereocenters. The molecule has 1 heterocycles. The molecule has 1 saturated heterocycles. The zero-order valence-electron chi connectivity index (χ0n) is 12.8. The summed E-state index contributed by atoms with van der Waals surface area (Å²) in [5.74, 6) is 1.64. The van der Waals surface area contributed by atoms with Crippen LogP contribution in [0.4, 0.5) is 0 Å². The summed E-state index contributed by atoms with van der Waals surface area (Å²) in [6.45, 7) is 3.79. The van der Waals surface area contributed by atoms with Gasteiger partial charge in [-0.1, -0.05) is 30.3 Å². The summed E-state index contributed by atoms with van der Waals surface area (Å²) in [6, 6.07) is 12.7. The molecule has 21 heavy (non-hydrogen) atoms. The van der Waals surface area contributed by atoms with Crippen molar-refractivity contribution < 1.29 is 9.47 Å². The van der Waals surface area contributed by atoms with Crippen LogP contribution in [0.2, 0.25) is 0 Å². The smallest absolute Gasteiger partial charge is 0.123 e. The van der Waals surface area contributed by atoms with E-state index in [1.807, 2.05) is 0 Å². The van der Waals surface area contributed by atoms with E-state index in [-0.39, 0.29) is 0 Å². The van der Waals surface area contributed by atoms with Crippen LogP contribution in [0.15, 0.2) is 36.4 Å². The molecule has 0 saturated carbocycles. The second-order valence-electron chi connectivity index (χ2n) is 5.89. The van der Waals surface area contributed by atoms with Crippen molar-refractivity contribution >= 4 is 10.8 Å². The van der Waals surface area contributed by atoms with Crippen molar-refractivity contribution in [1.29, 1.82) is 0 Å². The average molecular weight is 285 g/mol. The van der Waals surface area contributed by atoms with Gasteiger partial charge in [-0.05, 0) is 36.2 Å². The molecule has 2 aromatic carbocycles. The first-order valence-corrected chi connectivity index (χ1v) is 7.59. The summed E-state index contributed by atoms with van der Waals surface area (Å²) in [5.41, 5.74) is 1.28. The predicted molar refractivity (Wildman–Crippen MR) is 85.8 cm³/mol. The highest BCUT2D eigenvalue weighted by molar-refractivity contribution is 5.87. The molecule has 0 bridgehead atoms. The van der Waals surface area contributed by atoms with Crippen molar-refractivity contribution in [3.05, 3.63) is 42.0 Å². The number of benzene rings is 2. The standard InChI is InChI=1S/C18H23NO2/c1-19(11-14-9-10-21-13-14)12-17-16-6-4-3-5-15(16)7-8-18(17)20-2/h3-8,14H,9-13H2,1-2H3. The van der Waals surface area contributed by atoms with Crippen molar-refractivity contribution in [2.24, 2.45) is 5.92 Å². The van der Waals surface area contributed by atoms with Crippen molar-refractivity contribution in [3.63, 3.8) is 0 Å².